The zero-order chi connectivity index (χ0) is 19.5. The van der Waals surface area contributed by atoms with Gasteiger partial charge in [0.2, 0.25) is 11.8 Å². The average molecular weight is 374 g/mol. The third-order valence-corrected chi connectivity index (χ3v) is 4.65. The first-order chi connectivity index (χ1) is 12.0. The van der Waals surface area contributed by atoms with Crippen molar-refractivity contribution in [2.45, 2.75) is 47.0 Å². The summed E-state index contributed by atoms with van der Waals surface area (Å²) >= 11 is 1.37. The second-order valence-electron chi connectivity index (χ2n) is 8.35. The summed E-state index contributed by atoms with van der Waals surface area (Å²) < 4.78 is 0. The van der Waals surface area contributed by atoms with Crippen LogP contribution in [0.4, 0.5) is 5.13 Å². The molecule has 5 nitrogen and oxygen atoms in total. The van der Waals surface area contributed by atoms with E-state index in [0.29, 0.717) is 5.13 Å². The van der Waals surface area contributed by atoms with E-state index in [9.17, 15) is 9.59 Å². The van der Waals surface area contributed by atoms with Crippen LogP contribution in [-0.2, 0) is 15.0 Å². The van der Waals surface area contributed by atoms with Gasteiger partial charge < -0.3 is 10.6 Å². The smallest absolute Gasteiger partial charge is 0.245 e. The van der Waals surface area contributed by atoms with Gasteiger partial charge >= 0.3 is 0 Å². The highest BCUT2D eigenvalue weighted by Gasteiger charge is 2.21. The highest BCUT2D eigenvalue weighted by molar-refractivity contribution is 7.14. The number of hydrogen-bond donors (Lipinski definition) is 2. The van der Waals surface area contributed by atoms with E-state index in [4.69, 9.17) is 0 Å². The maximum Gasteiger partial charge on any atom is 0.245 e. The molecule has 2 N–H and O–H groups in total. The van der Waals surface area contributed by atoms with Crippen LogP contribution in [0.15, 0.2) is 29.6 Å². The Hall–Kier alpha value is -2.21. The van der Waals surface area contributed by atoms with Gasteiger partial charge in [-0.05, 0) is 11.0 Å². The third-order valence-electron chi connectivity index (χ3n) is 3.89. The highest BCUT2D eigenvalue weighted by atomic mass is 32.1. The topological polar surface area (TPSA) is 71.1 Å². The lowest BCUT2D eigenvalue weighted by molar-refractivity contribution is -0.130. The fraction of sp³-hybridized carbons (Fsp3) is 0.450. The largest absolute Gasteiger partial charge is 0.347 e. The summed E-state index contributed by atoms with van der Waals surface area (Å²) in [5.41, 5.74) is 2.69. The van der Waals surface area contributed by atoms with Crippen molar-refractivity contribution in [3.8, 4) is 11.3 Å². The summed E-state index contributed by atoms with van der Waals surface area (Å²) in [5, 5.41) is 7.79. The lowest BCUT2D eigenvalue weighted by Gasteiger charge is -2.18. The average Bonchev–Trinajstić information content (AvgIpc) is 2.99. The van der Waals surface area contributed by atoms with Crippen LogP contribution in [0.2, 0.25) is 0 Å². The molecule has 6 heteroatoms. The van der Waals surface area contributed by atoms with Crippen LogP contribution in [0.25, 0.3) is 11.3 Å². The van der Waals surface area contributed by atoms with Crippen LogP contribution >= 0.6 is 11.3 Å². The minimum absolute atomic E-state index is 0.0642. The number of anilines is 1. The number of hydrogen-bond acceptors (Lipinski definition) is 4. The van der Waals surface area contributed by atoms with Gasteiger partial charge in [0.25, 0.3) is 0 Å². The monoisotopic (exact) mass is 373 g/mol. The standard InChI is InChI=1S/C20H27N3O2S/c1-19(2,3)14-9-7-13(8-10-14)15-12-26-18(22-15)23-16(24)11-21-17(25)20(4,5)6/h7-10,12H,11H2,1-6H3,(H,21,25)(H,22,23,24). The molecule has 0 atom stereocenters. The number of amides is 2. The van der Waals surface area contributed by atoms with Crippen LogP contribution in [0.1, 0.15) is 47.1 Å². The molecule has 140 valence electrons. The maximum atomic E-state index is 12.0. The second kappa shape index (κ2) is 7.58. The first-order valence-corrected chi connectivity index (χ1v) is 9.49. The number of carbonyl (C=O) groups is 2. The molecule has 0 saturated heterocycles. The first-order valence-electron chi connectivity index (χ1n) is 8.61. The molecule has 0 spiro atoms. The minimum atomic E-state index is -0.520. The Morgan fingerprint density at radius 2 is 1.65 bits per heavy atom. The molecule has 0 saturated carbocycles. The molecule has 26 heavy (non-hydrogen) atoms. The SMILES string of the molecule is CC(C)(C)C(=O)NCC(=O)Nc1nc(-c2ccc(C(C)(C)C)cc2)cs1. The highest BCUT2D eigenvalue weighted by Crippen LogP contribution is 2.28. The summed E-state index contributed by atoms with van der Waals surface area (Å²) in [5.74, 6) is -0.446. The number of nitrogens with one attached hydrogen (secondary N) is 2. The molecule has 0 radical (unpaired) electrons. The van der Waals surface area contributed by atoms with Crippen molar-refractivity contribution in [2.24, 2.45) is 5.41 Å². The molecule has 1 heterocycles. The van der Waals surface area contributed by atoms with Gasteiger partial charge in [-0.15, -0.1) is 11.3 Å². The lowest BCUT2D eigenvalue weighted by atomic mass is 9.86. The molecule has 0 fully saturated rings. The number of nitrogens with zero attached hydrogens (tertiary/aromatic N) is 1. The summed E-state index contributed by atoms with van der Waals surface area (Å²) in [6.45, 7) is 11.9. The van der Waals surface area contributed by atoms with E-state index in [-0.39, 0.29) is 23.8 Å². The van der Waals surface area contributed by atoms with E-state index < -0.39 is 5.41 Å². The molecule has 2 amide bonds. The Kier molecular flexibility index (Phi) is 5.86. The van der Waals surface area contributed by atoms with Crippen LogP contribution in [0.3, 0.4) is 0 Å². The fourth-order valence-corrected chi connectivity index (χ4v) is 2.93. The zero-order valence-corrected chi connectivity index (χ0v) is 17.1. The second-order valence-corrected chi connectivity index (χ2v) is 9.20. The van der Waals surface area contributed by atoms with E-state index in [0.717, 1.165) is 11.3 Å². The third kappa shape index (κ3) is 5.39. The van der Waals surface area contributed by atoms with Gasteiger partial charge in [-0.3, -0.25) is 9.59 Å². The van der Waals surface area contributed by atoms with Crippen molar-refractivity contribution in [1.82, 2.24) is 10.3 Å². The predicted octanol–water partition coefficient (Wildman–Crippen LogP) is 4.21. The molecule has 0 aliphatic carbocycles. The van der Waals surface area contributed by atoms with Crippen LogP contribution in [-0.4, -0.2) is 23.3 Å². The number of carbonyl (C=O) groups excluding carboxylic acids is 2. The van der Waals surface area contributed by atoms with Gasteiger partial charge in [0, 0.05) is 16.4 Å². The molecule has 1 aromatic heterocycles. The quantitative estimate of drug-likeness (QED) is 0.843. The normalized spacial score (nSPS) is 11.9. The molecular formula is C20H27N3O2S. The predicted molar refractivity (Wildman–Crippen MR) is 107 cm³/mol. The van der Waals surface area contributed by atoms with Crippen molar-refractivity contribution in [3.63, 3.8) is 0 Å². The van der Waals surface area contributed by atoms with Crippen molar-refractivity contribution < 1.29 is 9.59 Å². The number of benzene rings is 1. The Bertz CT molecular complexity index is 781. The van der Waals surface area contributed by atoms with Crippen molar-refractivity contribution in [1.29, 1.82) is 0 Å². The Morgan fingerprint density at radius 3 is 2.19 bits per heavy atom. The van der Waals surface area contributed by atoms with E-state index in [1.54, 1.807) is 20.8 Å². The van der Waals surface area contributed by atoms with Gasteiger partial charge in [-0.1, -0.05) is 65.8 Å². The van der Waals surface area contributed by atoms with Gasteiger partial charge in [0.15, 0.2) is 5.13 Å². The Balaban J connectivity index is 1.97. The molecule has 1 aromatic carbocycles. The van der Waals surface area contributed by atoms with E-state index in [1.807, 2.05) is 17.5 Å². The van der Waals surface area contributed by atoms with E-state index in [1.165, 1.54) is 16.9 Å². The lowest BCUT2D eigenvalue weighted by Crippen LogP contribution is -2.39. The van der Waals surface area contributed by atoms with Gasteiger partial charge in [-0.2, -0.15) is 0 Å². The van der Waals surface area contributed by atoms with Crippen LogP contribution in [0, 0.1) is 5.41 Å². The fourth-order valence-electron chi connectivity index (χ4n) is 2.19. The zero-order valence-electron chi connectivity index (χ0n) is 16.3. The van der Waals surface area contributed by atoms with Gasteiger partial charge in [0.1, 0.15) is 0 Å². The van der Waals surface area contributed by atoms with E-state index >= 15 is 0 Å². The van der Waals surface area contributed by atoms with E-state index in [2.05, 4.69) is 48.5 Å². The van der Waals surface area contributed by atoms with Crippen molar-refractivity contribution in [3.05, 3.63) is 35.2 Å². The molecular weight excluding hydrogens is 346 g/mol. The molecule has 0 aliphatic rings. The number of thiazole rings is 1. The maximum absolute atomic E-state index is 12.0. The summed E-state index contributed by atoms with van der Waals surface area (Å²) in [6.07, 6.45) is 0. The van der Waals surface area contributed by atoms with Crippen LogP contribution < -0.4 is 10.6 Å². The Labute approximate surface area is 159 Å². The van der Waals surface area contributed by atoms with Gasteiger partial charge in [0.05, 0.1) is 12.2 Å². The summed E-state index contributed by atoms with van der Waals surface area (Å²) in [7, 11) is 0. The molecule has 2 aromatic rings. The Morgan fingerprint density at radius 1 is 1.04 bits per heavy atom. The van der Waals surface area contributed by atoms with Crippen molar-refractivity contribution >= 4 is 28.3 Å². The minimum Gasteiger partial charge on any atom is -0.347 e. The number of rotatable bonds is 4. The molecule has 0 aliphatic heterocycles. The van der Waals surface area contributed by atoms with Crippen LogP contribution in [0.5, 0.6) is 0 Å². The number of aromatic nitrogens is 1. The van der Waals surface area contributed by atoms with Gasteiger partial charge in [-0.25, -0.2) is 4.98 Å². The summed E-state index contributed by atoms with van der Waals surface area (Å²) in [4.78, 5) is 28.3. The van der Waals surface area contributed by atoms with Crippen molar-refractivity contribution in [2.75, 3.05) is 11.9 Å². The summed E-state index contributed by atoms with van der Waals surface area (Å²) in [6, 6.07) is 8.31. The molecule has 0 bridgehead atoms. The molecule has 2 rings (SSSR count). The first kappa shape index (κ1) is 20.1. The molecule has 0 unspecified atom stereocenters.